The molecule has 1 amide bonds. The average molecular weight is 395 g/mol. The van der Waals surface area contributed by atoms with Gasteiger partial charge in [0.1, 0.15) is 0 Å². The van der Waals surface area contributed by atoms with E-state index in [0.29, 0.717) is 49.4 Å². The number of methoxy groups -OCH3 is 3. The Hall–Kier alpha value is -2.57. The number of aromatic amines is 1. The number of halogens is 2. The van der Waals surface area contributed by atoms with Crippen molar-refractivity contribution in [2.75, 3.05) is 26.6 Å². The Morgan fingerprint density at radius 3 is 2.19 bits per heavy atom. The Kier molecular flexibility index (Phi) is 5.15. The maximum Gasteiger partial charge on any atom is 0.257 e. The first-order valence-electron chi connectivity index (χ1n) is 7.56. The van der Waals surface area contributed by atoms with Gasteiger partial charge in [-0.2, -0.15) is 0 Å². The minimum absolute atomic E-state index is 0.347. The van der Waals surface area contributed by atoms with E-state index in [9.17, 15) is 4.79 Å². The summed E-state index contributed by atoms with van der Waals surface area (Å²) in [5, 5.41) is 4.21. The van der Waals surface area contributed by atoms with Crippen molar-refractivity contribution in [1.82, 2.24) is 4.98 Å². The molecule has 0 unspecified atom stereocenters. The number of ether oxygens (including phenoxy) is 3. The summed E-state index contributed by atoms with van der Waals surface area (Å²) >= 11 is 12.0. The Morgan fingerprint density at radius 2 is 1.62 bits per heavy atom. The molecule has 26 heavy (non-hydrogen) atoms. The van der Waals surface area contributed by atoms with Crippen molar-refractivity contribution in [2.24, 2.45) is 0 Å². The number of hydrogen-bond donors (Lipinski definition) is 2. The summed E-state index contributed by atoms with van der Waals surface area (Å²) in [6.07, 6.45) is 1.59. The molecule has 6 nitrogen and oxygen atoms in total. The predicted octanol–water partition coefficient (Wildman–Crippen LogP) is 4.75. The third-order valence-electron chi connectivity index (χ3n) is 3.84. The van der Waals surface area contributed by atoms with Crippen molar-refractivity contribution < 1.29 is 19.0 Å². The summed E-state index contributed by atoms with van der Waals surface area (Å²) in [4.78, 5) is 15.8. The molecule has 0 fully saturated rings. The first-order valence-corrected chi connectivity index (χ1v) is 8.31. The monoisotopic (exact) mass is 394 g/mol. The molecule has 8 heteroatoms. The van der Waals surface area contributed by atoms with Gasteiger partial charge in [-0.15, -0.1) is 0 Å². The van der Waals surface area contributed by atoms with Crippen LogP contribution in [0.5, 0.6) is 17.2 Å². The van der Waals surface area contributed by atoms with Gasteiger partial charge < -0.3 is 24.5 Å². The lowest BCUT2D eigenvalue weighted by Gasteiger charge is -2.14. The van der Waals surface area contributed by atoms with E-state index >= 15 is 0 Å². The van der Waals surface area contributed by atoms with E-state index in [1.165, 1.54) is 21.3 Å². The summed E-state index contributed by atoms with van der Waals surface area (Å²) in [5.41, 5.74) is 1.55. The quantitative estimate of drug-likeness (QED) is 0.654. The zero-order valence-corrected chi connectivity index (χ0v) is 15.8. The molecule has 1 aromatic heterocycles. The minimum Gasteiger partial charge on any atom is -0.493 e. The van der Waals surface area contributed by atoms with Gasteiger partial charge in [0.25, 0.3) is 5.91 Å². The second kappa shape index (κ2) is 7.35. The van der Waals surface area contributed by atoms with Crippen LogP contribution in [0.1, 0.15) is 10.4 Å². The summed E-state index contributed by atoms with van der Waals surface area (Å²) in [6, 6.07) is 6.55. The average Bonchev–Trinajstić information content (AvgIpc) is 3.02. The number of benzene rings is 2. The maximum absolute atomic E-state index is 12.8. The van der Waals surface area contributed by atoms with Crippen molar-refractivity contribution in [1.29, 1.82) is 0 Å². The molecule has 1 heterocycles. The third kappa shape index (κ3) is 3.25. The summed E-state index contributed by atoms with van der Waals surface area (Å²) < 4.78 is 16.2. The summed E-state index contributed by atoms with van der Waals surface area (Å²) in [6.45, 7) is 0. The topological polar surface area (TPSA) is 72.6 Å². The number of amides is 1. The van der Waals surface area contributed by atoms with Crippen molar-refractivity contribution in [3.8, 4) is 17.2 Å². The number of nitrogens with one attached hydrogen (secondary N) is 2. The molecule has 2 aromatic carbocycles. The molecule has 0 spiro atoms. The van der Waals surface area contributed by atoms with Gasteiger partial charge in [0.15, 0.2) is 11.5 Å². The van der Waals surface area contributed by atoms with Gasteiger partial charge in [-0.25, -0.2) is 0 Å². The number of H-pyrrole nitrogens is 1. The maximum atomic E-state index is 12.8. The van der Waals surface area contributed by atoms with Gasteiger partial charge in [0.05, 0.1) is 37.8 Å². The molecule has 0 aliphatic rings. The zero-order valence-electron chi connectivity index (χ0n) is 14.3. The normalized spacial score (nSPS) is 10.7. The fourth-order valence-corrected chi connectivity index (χ4v) is 3.29. The van der Waals surface area contributed by atoms with Crippen molar-refractivity contribution >= 4 is 45.7 Å². The molecule has 2 N–H and O–H groups in total. The Labute approximate surface area is 159 Å². The summed E-state index contributed by atoms with van der Waals surface area (Å²) in [7, 11) is 4.54. The fraction of sp³-hybridized carbons (Fsp3) is 0.167. The molecule has 0 saturated heterocycles. The molecule has 136 valence electrons. The van der Waals surface area contributed by atoms with Gasteiger partial charge >= 0.3 is 0 Å². The number of hydrogen-bond acceptors (Lipinski definition) is 4. The highest BCUT2D eigenvalue weighted by Crippen LogP contribution is 2.44. The van der Waals surface area contributed by atoms with E-state index in [0.717, 1.165) is 0 Å². The van der Waals surface area contributed by atoms with E-state index in [2.05, 4.69) is 10.3 Å². The number of fused-ring (bicyclic) bond motifs is 1. The molecule has 0 aliphatic carbocycles. The fourth-order valence-electron chi connectivity index (χ4n) is 2.76. The number of anilines is 1. The van der Waals surface area contributed by atoms with Crippen LogP contribution < -0.4 is 19.5 Å². The molecule has 0 aliphatic heterocycles. The lowest BCUT2D eigenvalue weighted by molar-refractivity contribution is 0.102. The highest BCUT2D eigenvalue weighted by molar-refractivity contribution is 6.35. The van der Waals surface area contributed by atoms with E-state index in [1.807, 2.05) is 0 Å². The summed E-state index contributed by atoms with van der Waals surface area (Å²) in [5.74, 6) is 0.951. The van der Waals surface area contributed by atoms with Crippen LogP contribution in [0.25, 0.3) is 10.9 Å². The van der Waals surface area contributed by atoms with E-state index < -0.39 is 0 Å². The zero-order chi connectivity index (χ0) is 18.8. The number of carbonyl (C=O) groups excluding carboxylic acids is 1. The second-order valence-electron chi connectivity index (χ2n) is 5.38. The van der Waals surface area contributed by atoms with Crippen LogP contribution in [0, 0.1) is 0 Å². The van der Waals surface area contributed by atoms with Crippen LogP contribution in [0.15, 0.2) is 30.5 Å². The lowest BCUT2D eigenvalue weighted by atomic mass is 10.1. The Morgan fingerprint density at radius 1 is 0.962 bits per heavy atom. The standard InChI is InChI=1S/C18H16Cl2N2O4/c1-24-14-7-13-15(17(26-3)16(14)25-2)12(8-21-13)18(23)22-11-5-9(19)4-10(20)6-11/h4-8,21H,1-3H3,(H,22,23). The van der Waals surface area contributed by atoms with Gasteiger partial charge in [-0.05, 0) is 18.2 Å². The van der Waals surface area contributed by atoms with Crippen LogP contribution >= 0.6 is 23.2 Å². The first-order chi connectivity index (χ1) is 12.5. The van der Waals surface area contributed by atoms with Crippen LogP contribution in [0.3, 0.4) is 0 Å². The van der Waals surface area contributed by atoms with Gasteiger partial charge in [0, 0.05) is 28.0 Å². The number of rotatable bonds is 5. The number of aromatic nitrogens is 1. The highest BCUT2D eigenvalue weighted by atomic mass is 35.5. The lowest BCUT2D eigenvalue weighted by Crippen LogP contribution is -2.11. The van der Waals surface area contributed by atoms with E-state index in [4.69, 9.17) is 37.4 Å². The predicted molar refractivity (Wildman–Crippen MR) is 102 cm³/mol. The SMILES string of the molecule is COc1cc2[nH]cc(C(=O)Nc3cc(Cl)cc(Cl)c3)c2c(OC)c1OC. The molecule has 0 bridgehead atoms. The smallest absolute Gasteiger partial charge is 0.257 e. The Balaban J connectivity index is 2.08. The molecule has 3 rings (SSSR count). The van der Waals surface area contributed by atoms with Crippen molar-refractivity contribution in [2.45, 2.75) is 0 Å². The number of carbonyl (C=O) groups is 1. The van der Waals surface area contributed by atoms with Gasteiger partial charge in [-0.3, -0.25) is 4.79 Å². The molecule has 0 saturated carbocycles. The molecule has 3 aromatic rings. The van der Waals surface area contributed by atoms with E-state index in [-0.39, 0.29) is 5.91 Å². The minimum atomic E-state index is -0.347. The van der Waals surface area contributed by atoms with Crippen molar-refractivity contribution in [3.63, 3.8) is 0 Å². The second-order valence-corrected chi connectivity index (χ2v) is 6.26. The van der Waals surface area contributed by atoms with Crippen LogP contribution in [-0.2, 0) is 0 Å². The molecular weight excluding hydrogens is 379 g/mol. The van der Waals surface area contributed by atoms with Gasteiger partial charge in [-0.1, -0.05) is 23.2 Å². The van der Waals surface area contributed by atoms with Crippen LogP contribution in [0.2, 0.25) is 10.0 Å². The van der Waals surface area contributed by atoms with Gasteiger partial charge in [0.2, 0.25) is 5.75 Å². The molecule has 0 atom stereocenters. The first kappa shape index (κ1) is 18.2. The Bertz CT molecular complexity index is 965. The third-order valence-corrected chi connectivity index (χ3v) is 4.27. The molecule has 0 radical (unpaired) electrons. The largest absolute Gasteiger partial charge is 0.493 e. The highest BCUT2D eigenvalue weighted by Gasteiger charge is 2.22. The van der Waals surface area contributed by atoms with Crippen molar-refractivity contribution in [3.05, 3.63) is 46.1 Å². The molecular formula is C18H16Cl2N2O4. The van der Waals surface area contributed by atoms with Crippen LogP contribution in [-0.4, -0.2) is 32.2 Å². The van der Waals surface area contributed by atoms with E-state index in [1.54, 1.807) is 30.5 Å². The van der Waals surface area contributed by atoms with Crippen LogP contribution in [0.4, 0.5) is 5.69 Å².